The van der Waals surface area contributed by atoms with Crippen LogP contribution >= 0.6 is 0 Å². The van der Waals surface area contributed by atoms with Gasteiger partial charge in [0.2, 0.25) is 0 Å². The van der Waals surface area contributed by atoms with Crippen molar-refractivity contribution in [2.75, 3.05) is 18.0 Å². The van der Waals surface area contributed by atoms with E-state index in [0.29, 0.717) is 5.58 Å². The SMILES string of the molecule is Cc1cc(N2CCCCCC2)c2c(=O)ccoc2c1. The van der Waals surface area contributed by atoms with Gasteiger partial charge in [-0.05, 0) is 37.5 Å². The van der Waals surface area contributed by atoms with Crippen LogP contribution in [0.25, 0.3) is 11.0 Å². The van der Waals surface area contributed by atoms with Gasteiger partial charge in [0.15, 0.2) is 5.43 Å². The van der Waals surface area contributed by atoms with Crippen molar-refractivity contribution in [3.05, 3.63) is 40.2 Å². The van der Waals surface area contributed by atoms with Crippen LogP contribution in [-0.4, -0.2) is 13.1 Å². The molecule has 19 heavy (non-hydrogen) atoms. The molecule has 0 spiro atoms. The third-order valence-electron chi connectivity index (χ3n) is 3.83. The second-order valence-electron chi connectivity index (χ2n) is 5.34. The monoisotopic (exact) mass is 257 g/mol. The van der Waals surface area contributed by atoms with Gasteiger partial charge in [0.05, 0.1) is 17.3 Å². The Kier molecular flexibility index (Phi) is 3.28. The van der Waals surface area contributed by atoms with Crippen molar-refractivity contribution in [2.45, 2.75) is 32.6 Å². The molecule has 3 nitrogen and oxygen atoms in total. The molecule has 1 aliphatic rings. The fourth-order valence-electron chi connectivity index (χ4n) is 2.89. The van der Waals surface area contributed by atoms with Gasteiger partial charge in [0.25, 0.3) is 0 Å². The largest absolute Gasteiger partial charge is 0.464 e. The van der Waals surface area contributed by atoms with Gasteiger partial charge in [0, 0.05) is 19.2 Å². The minimum Gasteiger partial charge on any atom is -0.464 e. The number of aryl methyl sites for hydroxylation is 1. The van der Waals surface area contributed by atoms with E-state index in [1.807, 2.05) is 13.0 Å². The van der Waals surface area contributed by atoms with Crippen molar-refractivity contribution in [2.24, 2.45) is 0 Å². The maximum absolute atomic E-state index is 12.2. The van der Waals surface area contributed by atoms with Crippen LogP contribution in [0.4, 0.5) is 5.69 Å². The zero-order valence-electron chi connectivity index (χ0n) is 11.3. The number of hydrogen-bond donors (Lipinski definition) is 0. The molecule has 100 valence electrons. The number of rotatable bonds is 1. The van der Waals surface area contributed by atoms with Crippen LogP contribution in [0.3, 0.4) is 0 Å². The summed E-state index contributed by atoms with van der Waals surface area (Å²) in [6.45, 7) is 4.12. The molecule has 3 heteroatoms. The average Bonchev–Trinajstić information content (AvgIpc) is 2.66. The van der Waals surface area contributed by atoms with Gasteiger partial charge in [-0.3, -0.25) is 4.79 Å². The molecule has 1 aliphatic heterocycles. The lowest BCUT2D eigenvalue weighted by atomic mass is 10.1. The standard InChI is InChI=1S/C16H19NO2/c1-12-10-13(17-7-4-2-3-5-8-17)16-14(18)6-9-19-15(16)11-12/h6,9-11H,2-5,7-8H2,1H3. The van der Waals surface area contributed by atoms with Gasteiger partial charge < -0.3 is 9.32 Å². The highest BCUT2D eigenvalue weighted by Crippen LogP contribution is 2.28. The first-order chi connectivity index (χ1) is 9.25. The topological polar surface area (TPSA) is 33.5 Å². The van der Waals surface area contributed by atoms with Crippen LogP contribution in [0, 0.1) is 6.92 Å². The molecule has 0 unspecified atom stereocenters. The molecule has 1 aromatic heterocycles. The summed E-state index contributed by atoms with van der Waals surface area (Å²) >= 11 is 0. The van der Waals surface area contributed by atoms with Crippen LogP contribution in [0.1, 0.15) is 31.2 Å². The van der Waals surface area contributed by atoms with Crippen molar-refractivity contribution in [1.82, 2.24) is 0 Å². The lowest BCUT2D eigenvalue weighted by molar-refractivity contribution is 0.602. The molecule has 1 aromatic carbocycles. The Morgan fingerprint density at radius 1 is 1.11 bits per heavy atom. The Labute approximate surface area is 112 Å². The highest BCUT2D eigenvalue weighted by Gasteiger charge is 2.15. The van der Waals surface area contributed by atoms with E-state index in [0.717, 1.165) is 29.7 Å². The zero-order valence-corrected chi connectivity index (χ0v) is 11.3. The summed E-state index contributed by atoms with van der Waals surface area (Å²) in [5.41, 5.74) is 2.94. The fourth-order valence-corrected chi connectivity index (χ4v) is 2.89. The van der Waals surface area contributed by atoms with Gasteiger partial charge >= 0.3 is 0 Å². The number of benzene rings is 1. The Bertz CT molecular complexity index is 637. The van der Waals surface area contributed by atoms with Crippen LogP contribution in [0.2, 0.25) is 0 Å². The smallest absolute Gasteiger partial charge is 0.194 e. The second kappa shape index (κ2) is 5.08. The van der Waals surface area contributed by atoms with Gasteiger partial charge in [-0.25, -0.2) is 0 Å². The quantitative estimate of drug-likeness (QED) is 0.784. The molecule has 0 aliphatic carbocycles. The molecule has 0 atom stereocenters. The number of nitrogens with zero attached hydrogens (tertiary/aromatic N) is 1. The average molecular weight is 257 g/mol. The Morgan fingerprint density at radius 2 is 1.84 bits per heavy atom. The summed E-state index contributed by atoms with van der Waals surface area (Å²) in [5, 5.41) is 0.731. The molecule has 0 bridgehead atoms. The lowest BCUT2D eigenvalue weighted by Crippen LogP contribution is -2.25. The molecule has 1 fully saturated rings. The number of fused-ring (bicyclic) bond motifs is 1. The van der Waals surface area contributed by atoms with Crippen molar-refractivity contribution in [3.8, 4) is 0 Å². The minimum atomic E-state index is 0.0560. The summed E-state index contributed by atoms with van der Waals surface area (Å²) in [6, 6.07) is 5.57. The fraction of sp³-hybridized carbons (Fsp3) is 0.438. The first kappa shape index (κ1) is 12.3. The molecule has 0 saturated carbocycles. The Balaban J connectivity index is 2.18. The molecule has 1 saturated heterocycles. The van der Waals surface area contributed by atoms with Gasteiger partial charge in [-0.2, -0.15) is 0 Å². The summed E-state index contributed by atoms with van der Waals surface area (Å²) in [7, 11) is 0. The Hall–Kier alpha value is -1.77. The maximum Gasteiger partial charge on any atom is 0.194 e. The number of anilines is 1. The summed E-state index contributed by atoms with van der Waals surface area (Å²) < 4.78 is 5.51. The molecule has 2 heterocycles. The van der Waals surface area contributed by atoms with E-state index in [9.17, 15) is 4.79 Å². The van der Waals surface area contributed by atoms with Crippen molar-refractivity contribution in [3.63, 3.8) is 0 Å². The highest BCUT2D eigenvalue weighted by atomic mass is 16.3. The van der Waals surface area contributed by atoms with Crippen molar-refractivity contribution >= 4 is 16.7 Å². The van der Waals surface area contributed by atoms with E-state index in [1.165, 1.54) is 38.0 Å². The first-order valence-corrected chi connectivity index (χ1v) is 7.03. The maximum atomic E-state index is 12.2. The molecule has 2 aromatic rings. The number of hydrogen-bond acceptors (Lipinski definition) is 3. The molecular formula is C16H19NO2. The second-order valence-corrected chi connectivity index (χ2v) is 5.34. The zero-order chi connectivity index (χ0) is 13.2. The van der Waals surface area contributed by atoms with Gasteiger partial charge in [-0.1, -0.05) is 12.8 Å². The predicted octanol–water partition coefficient (Wildman–Crippen LogP) is 3.48. The highest BCUT2D eigenvalue weighted by molar-refractivity contribution is 5.91. The van der Waals surface area contributed by atoms with Crippen LogP contribution < -0.4 is 10.3 Å². The summed E-state index contributed by atoms with van der Waals surface area (Å²) in [5.74, 6) is 0. The third-order valence-corrected chi connectivity index (χ3v) is 3.83. The lowest BCUT2D eigenvalue weighted by Gasteiger charge is -2.24. The molecule has 0 N–H and O–H groups in total. The predicted molar refractivity (Wildman–Crippen MR) is 77.9 cm³/mol. The third kappa shape index (κ3) is 2.37. The van der Waals surface area contributed by atoms with Crippen LogP contribution in [0.15, 0.2) is 33.7 Å². The van der Waals surface area contributed by atoms with Crippen molar-refractivity contribution < 1.29 is 4.42 Å². The molecular weight excluding hydrogens is 238 g/mol. The Morgan fingerprint density at radius 3 is 2.58 bits per heavy atom. The first-order valence-electron chi connectivity index (χ1n) is 7.03. The van der Waals surface area contributed by atoms with E-state index < -0.39 is 0 Å². The van der Waals surface area contributed by atoms with E-state index in [-0.39, 0.29) is 5.43 Å². The van der Waals surface area contributed by atoms with Crippen molar-refractivity contribution in [1.29, 1.82) is 0 Å². The van der Waals surface area contributed by atoms with Crippen LogP contribution in [0.5, 0.6) is 0 Å². The van der Waals surface area contributed by atoms with E-state index >= 15 is 0 Å². The summed E-state index contributed by atoms with van der Waals surface area (Å²) in [4.78, 5) is 14.5. The van der Waals surface area contributed by atoms with Gasteiger partial charge in [0.1, 0.15) is 5.58 Å². The minimum absolute atomic E-state index is 0.0560. The van der Waals surface area contributed by atoms with Gasteiger partial charge in [-0.15, -0.1) is 0 Å². The van der Waals surface area contributed by atoms with E-state index in [2.05, 4.69) is 11.0 Å². The van der Waals surface area contributed by atoms with E-state index in [4.69, 9.17) is 4.42 Å². The van der Waals surface area contributed by atoms with E-state index in [1.54, 1.807) is 0 Å². The molecule has 3 rings (SSSR count). The molecule has 0 radical (unpaired) electrons. The van der Waals surface area contributed by atoms with Crippen LogP contribution in [-0.2, 0) is 0 Å². The summed E-state index contributed by atoms with van der Waals surface area (Å²) in [6.07, 6.45) is 6.46. The normalized spacial score (nSPS) is 16.6. The molecule has 0 amide bonds.